The van der Waals surface area contributed by atoms with Gasteiger partial charge in [0.2, 0.25) is 0 Å². The number of hydrogen-bond acceptors (Lipinski definition) is 4. The molecule has 0 spiro atoms. The predicted octanol–water partition coefficient (Wildman–Crippen LogP) is 6.90. The Labute approximate surface area is 211 Å². The number of carbonyl (C=O) groups excluding carboxylic acids is 1. The van der Waals surface area contributed by atoms with Crippen LogP contribution in [0, 0.1) is 18.3 Å². The van der Waals surface area contributed by atoms with Gasteiger partial charge in [-0.1, -0.05) is 53.6 Å². The number of halogens is 1. The molecular weight excluding hydrogens is 460 g/mol. The molecule has 3 aromatic carbocycles. The van der Waals surface area contributed by atoms with Crippen molar-refractivity contribution in [2.45, 2.75) is 26.9 Å². The normalized spacial score (nSPS) is 10.9. The van der Waals surface area contributed by atoms with Crippen LogP contribution in [0.1, 0.15) is 29.2 Å². The minimum atomic E-state index is -0.530. The third-order valence-electron chi connectivity index (χ3n) is 5.08. The number of benzene rings is 3. The Morgan fingerprint density at radius 1 is 1.14 bits per heavy atom. The number of hydrogen-bond donors (Lipinski definition) is 1. The standard InChI is InChI=1S/C29H27ClN2O3/c1-4-7-23-14-22(15-24(18-31)29(33)32-26-9-6-8-25(30)17-26)16-27(34-5-2)28(23)35-19-21-12-10-20(3)11-13-21/h4,6,8-17H,1,5,7,19H2,2-3H3,(H,32,33)/b24-15+. The van der Waals surface area contributed by atoms with Crippen molar-refractivity contribution in [2.75, 3.05) is 11.9 Å². The molecule has 0 bridgehead atoms. The molecular formula is C29H27ClN2O3. The highest BCUT2D eigenvalue weighted by Gasteiger charge is 2.15. The lowest BCUT2D eigenvalue weighted by molar-refractivity contribution is -0.112. The van der Waals surface area contributed by atoms with E-state index in [-0.39, 0.29) is 5.57 Å². The fourth-order valence-electron chi connectivity index (χ4n) is 3.42. The van der Waals surface area contributed by atoms with Crippen molar-refractivity contribution in [3.05, 3.63) is 106 Å². The lowest BCUT2D eigenvalue weighted by Gasteiger charge is -2.17. The molecule has 3 aromatic rings. The van der Waals surface area contributed by atoms with E-state index in [0.29, 0.717) is 47.4 Å². The van der Waals surface area contributed by atoms with Crippen molar-refractivity contribution in [1.29, 1.82) is 5.26 Å². The van der Waals surface area contributed by atoms with Crippen molar-refractivity contribution in [1.82, 2.24) is 0 Å². The van der Waals surface area contributed by atoms with Gasteiger partial charge in [0.1, 0.15) is 18.2 Å². The zero-order valence-corrected chi connectivity index (χ0v) is 20.6. The maximum Gasteiger partial charge on any atom is 0.266 e. The molecule has 1 amide bonds. The number of nitriles is 1. The molecule has 0 unspecified atom stereocenters. The maximum absolute atomic E-state index is 12.7. The number of rotatable bonds is 10. The first-order valence-electron chi connectivity index (χ1n) is 11.2. The Kier molecular flexibility index (Phi) is 9.11. The predicted molar refractivity (Wildman–Crippen MR) is 141 cm³/mol. The van der Waals surface area contributed by atoms with Crippen LogP contribution in [0.4, 0.5) is 5.69 Å². The minimum absolute atomic E-state index is 0.0506. The van der Waals surface area contributed by atoms with Crippen LogP contribution in [0.25, 0.3) is 6.08 Å². The van der Waals surface area contributed by atoms with Gasteiger partial charge < -0.3 is 14.8 Å². The van der Waals surface area contributed by atoms with Gasteiger partial charge in [0, 0.05) is 16.3 Å². The number of nitrogens with zero attached hydrogens (tertiary/aromatic N) is 1. The molecule has 0 saturated heterocycles. The van der Waals surface area contributed by atoms with Crippen LogP contribution in [0.2, 0.25) is 5.02 Å². The molecule has 0 heterocycles. The van der Waals surface area contributed by atoms with E-state index in [1.54, 1.807) is 36.4 Å². The number of allylic oxidation sites excluding steroid dienone is 1. The molecule has 0 atom stereocenters. The number of aryl methyl sites for hydroxylation is 1. The van der Waals surface area contributed by atoms with Crippen LogP contribution >= 0.6 is 11.6 Å². The third kappa shape index (κ3) is 7.23. The van der Waals surface area contributed by atoms with Crippen LogP contribution in [0.3, 0.4) is 0 Å². The van der Waals surface area contributed by atoms with Gasteiger partial charge >= 0.3 is 0 Å². The molecule has 0 radical (unpaired) electrons. The first-order valence-corrected chi connectivity index (χ1v) is 11.6. The summed E-state index contributed by atoms with van der Waals surface area (Å²) >= 11 is 5.99. The van der Waals surface area contributed by atoms with Gasteiger partial charge in [-0.05, 0) is 67.8 Å². The minimum Gasteiger partial charge on any atom is -0.490 e. The molecule has 1 N–H and O–H groups in total. The van der Waals surface area contributed by atoms with Crippen molar-refractivity contribution >= 4 is 29.3 Å². The molecule has 3 rings (SSSR count). The Balaban J connectivity index is 1.92. The van der Waals surface area contributed by atoms with Gasteiger partial charge in [-0.2, -0.15) is 5.26 Å². The highest BCUT2D eigenvalue weighted by atomic mass is 35.5. The summed E-state index contributed by atoms with van der Waals surface area (Å²) in [6, 6.07) is 20.5. The Hall–Kier alpha value is -4.01. The smallest absolute Gasteiger partial charge is 0.266 e. The van der Waals surface area contributed by atoms with Crippen molar-refractivity contribution in [3.8, 4) is 17.6 Å². The molecule has 0 aliphatic rings. The largest absolute Gasteiger partial charge is 0.490 e. The van der Waals surface area contributed by atoms with E-state index in [2.05, 4.69) is 11.9 Å². The van der Waals surface area contributed by atoms with Gasteiger partial charge in [-0.25, -0.2) is 0 Å². The SMILES string of the molecule is C=CCc1cc(/C=C(\C#N)C(=O)Nc2cccc(Cl)c2)cc(OCC)c1OCc1ccc(C)cc1. The fraction of sp³-hybridized carbons (Fsp3) is 0.172. The quantitative estimate of drug-likeness (QED) is 0.192. The zero-order valence-electron chi connectivity index (χ0n) is 19.8. The topological polar surface area (TPSA) is 71.4 Å². The maximum atomic E-state index is 12.7. The second-order valence-electron chi connectivity index (χ2n) is 7.84. The first-order chi connectivity index (χ1) is 16.9. The van der Waals surface area contributed by atoms with Crippen LogP contribution in [-0.2, 0) is 17.8 Å². The lowest BCUT2D eigenvalue weighted by Crippen LogP contribution is -2.13. The molecule has 35 heavy (non-hydrogen) atoms. The number of carbonyl (C=O) groups is 1. The van der Waals surface area contributed by atoms with Crippen LogP contribution < -0.4 is 14.8 Å². The van der Waals surface area contributed by atoms with Gasteiger partial charge in [0.05, 0.1) is 6.61 Å². The average Bonchev–Trinajstić information content (AvgIpc) is 2.83. The number of nitrogens with one attached hydrogen (secondary N) is 1. The number of anilines is 1. The summed E-state index contributed by atoms with van der Waals surface area (Å²) in [6.45, 7) is 8.59. The van der Waals surface area contributed by atoms with E-state index in [9.17, 15) is 10.1 Å². The Morgan fingerprint density at radius 2 is 1.91 bits per heavy atom. The van der Waals surface area contributed by atoms with Crippen molar-refractivity contribution < 1.29 is 14.3 Å². The molecule has 0 fully saturated rings. The summed E-state index contributed by atoms with van der Waals surface area (Å²) in [5, 5.41) is 12.8. The van der Waals surface area contributed by atoms with Crippen LogP contribution in [-0.4, -0.2) is 12.5 Å². The van der Waals surface area contributed by atoms with Gasteiger partial charge in [-0.15, -0.1) is 6.58 Å². The number of amides is 1. The van der Waals surface area contributed by atoms with Crippen molar-refractivity contribution in [2.24, 2.45) is 0 Å². The summed E-state index contributed by atoms with van der Waals surface area (Å²) in [5.74, 6) is 0.627. The molecule has 0 aliphatic carbocycles. The molecule has 0 aliphatic heterocycles. The van der Waals surface area contributed by atoms with E-state index in [0.717, 1.165) is 11.1 Å². The third-order valence-corrected chi connectivity index (χ3v) is 5.32. The second-order valence-corrected chi connectivity index (χ2v) is 8.28. The Bertz CT molecular complexity index is 1270. The molecule has 5 nitrogen and oxygen atoms in total. The van der Waals surface area contributed by atoms with E-state index in [4.69, 9.17) is 21.1 Å². The summed E-state index contributed by atoms with van der Waals surface area (Å²) < 4.78 is 12.0. The number of ether oxygens (including phenoxy) is 2. The average molecular weight is 487 g/mol. The van der Waals surface area contributed by atoms with Crippen LogP contribution in [0.5, 0.6) is 11.5 Å². The second kappa shape index (κ2) is 12.5. The molecule has 6 heteroatoms. The highest BCUT2D eigenvalue weighted by Crippen LogP contribution is 2.35. The highest BCUT2D eigenvalue weighted by molar-refractivity contribution is 6.31. The summed E-state index contributed by atoms with van der Waals surface area (Å²) in [7, 11) is 0. The van der Waals surface area contributed by atoms with Gasteiger partial charge in [-0.3, -0.25) is 4.79 Å². The summed E-state index contributed by atoms with van der Waals surface area (Å²) in [4.78, 5) is 12.7. The Morgan fingerprint density at radius 3 is 2.57 bits per heavy atom. The van der Waals surface area contributed by atoms with E-state index >= 15 is 0 Å². The van der Waals surface area contributed by atoms with E-state index in [1.165, 1.54) is 11.6 Å². The molecule has 0 aromatic heterocycles. The monoisotopic (exact) mass is 486 g/mol. The molecule has 178 valence electrons. The first kappa shape index (κ1) is 25.6. The van der Waals surface area contributed by atoms with E-state index < -0.39 is 5.91 Å². The zero-order chi connectivity index (χ0) is 25.2. The van der Waals surface area contributed by atoms with Crippen molar-refractivity contribution in [3.63, 3.8) is 0 Å². The summed E-state index contributed by atoms with van der Waals surface area (Å²) in [6.07, 6.45) is 3.83. The van der Waals surface area contributed by atoms with E-state index in [1.807, 2.05) is 50.2 Å². The molecule has 0 saturated carbocycles. The van der Waals surface area contributed by atoms with Gasteiger partial charge in [0.15, 0.2) is 11.5 Å². The van der Waals surface area contributed by atoms with Gasteiger partial charge in [0.25, 0.3) is 5.91 Å². The fourth-order valence-corrected chi connectivity index (χ4v) is 3.61. The summed E-state index contributed by atoms with van der Waals surface area (Å²) in [5.41, 5.74) is 4.16. The lowest BCUT2D eigenvalue weighted by atomic mass is 10.0. The van der Waals surface area contributed by atoms with Crippen LogP contribution in [0.15, 0.2) is 78.9 Å².